The van der Waals surface area contributed by atoms with Gasteiger partial charge in [-0.2, -0.15) is 0 Å². The van der Waals surface area contributed by atoms with Crippen LogP contribution in [0.5, 0.6) is 0 Å². The quantitative estimate of drug-likeness (QED) is 0.315. The molecule has 1 aromatic carbocycles. The van der Waals surface area contributed by atoms with Gasteiger partial charge in [-0.1, -0.05) is 24.8 Å². The van der Waals surface area contributed by atoms with Crippen LogP contribution < -0.4 is 0 Å². The van der Waals surface area contributed by atoms with Gasteiger partial charge in [-0.3, -0.25) is 0 Å². The normalized spacial score (nSPS) is 8.29. The fourth-order valence-corrected chi connectivity index (χ4v) is 0.766. The average molecular weight is 202 g/mol. The van der Waals surface area contributed by atoms with Gasteiger partial charge in [0.1, 0.15) is 0 Å². The molecular formula is C10H10MgO3. The van der Waals surface area contributed by atoms with E-state index in [1.165, 1.54) is 0 Å². The first-order valence-electron chi connectivity index (χ1n) is 3.67. The van der Waals surface area contributed by atoms with Crippen molar-refractivity contribution in [1.82, 2.24) is 0 Å². The van der Waals surface area contributed by atoms with Gasteiger partial charge in [-0.15, -0.1) is 0 Å². The van der Waals surface area contributed by atoms with Crippen LogP contribution in [0.4, 0.5) is 0 Å². The van der Waals surface area contributed by atoms with E-state index in [1.807, 2.05) is 0 Å². The van der Waals surface area contributed by atoms with Crippen molar-refractivity contribution in [3.8, 4) is 0 Å². The molecule has 0 bridgehead atoms. The Hall–Kier alpha value is -1.13. The number of ether oxygens (including phenoxy) is 1. The Morgan fingerprint density at radius 3 is 2.36 bits per heavy atom. The van der Waals surface area contributed by atoms with E-state index in [0.717, 1.165) is 6.08 Å². The van der Waals surface area contributed by atoms with Gasteiger partial charge < -0.3 is 7.59 Å². The summed E-state index contributed by atoms with van der Waals surface area (Å²) in [5.74, 6) is -1.40. The molecule has 0 aliphatic rings. The molecule has 0 aliphatic carbocycles. The molecule has 0 unspecified atom stereocenters. The molecule has 0 aromatic heterocycles. The molecule has 0 radical (unpaired) electrons. The Labute approximate surface area is 101 Å². The first-order valence-corrected chi connectivity index (χ1v) is 3.67. The third kappa shape index (κ3) is 3.72. The zero-order valence-electron chi connectivity index (χ0n) is 9.60. The number of hydrogen-bond donors (Lipinski definition) is 0. The molecule has 1 rings (SSSR count). The molecule has 1 aromatic rings. The first-order chi connectivity index (χ1) is 6.24. The molecule has 3 nitrogen and oxygen atoms in total. The molecule has 0 aliphatic heterocycles. The third-order valence-corrected chi connectivity index (χ3v) is 1.37. The van der Waals surface area contributed by atoms with Crippen LogP contribution in [-0.4, -0.2) is 35.0 Å². The van der Waals surface area contributed by atoms with E-state index in [2.05, 4.69) is 11.3 Å². The van der Waals surface area contributed by atoms with Crippen LogP contribution in [0.15, 0.2) is 43.0 Å². The number of carbonyl (C=O) groups excluding carboxylic acids is 2. The molecule has 0 spiro atoms. The Morgan fingerprint density at radius 1 is 1.29 bits per heavy atom. The Morgan fingerprint density at radius 2 is 1.86 bits per heavy atom. The van der Waals surface area contributed by atoms with E-state index >= 15 is 0 Å². The van der Waals surface area contributed by atoms with Gasteiger partial charge in [0.15, 0.2) is 0 Å². The standard InChI is InChI=1S/C10H8O3.Mg.2H/c1-2-9(11)13-10(12)8-6-4-3-5-7-8;;;/h2-7H,1H2;;;/q;+2;2*-1. The van der Waals surface area contributed by atoms with Gasteiger partial charge in [-0.05, 0) is 12.1 Å². The SMILES string of the molecule is C=CC(=O)OC(=O)c1ccccc1.[H-].[H-].[Mg+2]. The number of benzene rings is 1. The van der Waals surface area contributed by atoms with Crippen molar-refractivity contribution >= 4 is 35.0 Å². The van der Waals surface area contributed by atoms with Gasteiger partial charge in [-0.25, -0.2) is 9.59 Å². The maximum Gasteiger partial charge on any atom is 2.00 e. The predicted molar refractivity (Wildman–Crippen MR) is 55.0 cm³/mol. The van der Waals surface area contributed by atoms with Gasteiger partial charge in [0.25, 0.3) is 0 Å². The maximum atomic E-state index is 11.1. The molecule has 0 N–H and O–H groups in total. The first kappa shape index (κ1) is 12.9. The molecule has 0 amide bonds. The van der Waals surface area contributed by atoms with Crippen LogP contribution in [0.3, 0.4) is 0 Å². The van der Waals surface area contributed by atoms with E-state index in [4.69, 9.17) is 0 Å². The van der Waals surface area contributed by atoms with Crippen LogP contribution in [0.1, 0.15) is 13.2 Å². The van der Waals surface area contributed by atoms with E-state index in [9.17, 15) is 9.59 Å². The number of rotatable bonds is 2. The summed E-state index contributed by atoms with van der Waals surface area (Å²) >= 11 is 0. The second-order valence-electron chi connectivity index (χ2n) is 2.28. The predicted octanol–water partition coefficient (Wildman–Crippen LogP) is 1.40. The molecule has 14 heavy (non-hydrogen) atoms. The molecule has 0 saturated heterocycles. The maximum absolute atomic E-state index is 11.1. The molecule has 0 atom stereocenters. The number of carbonyl (C=O) groups is 2. The van der Waals surface area contributed by atoms with Crippen LogP contribution in [-0.2, 0) is 9.53 Å². The largest absolute Gasteiger partial charge is 2.00 e. The van der Waals surface area contributed by atoms with E-state index in [1.54, 1.807) is 30.3 Å². The molecule has 70 valence electrons. The minimum atomic E-state index is -0.742. The summed E-state index contributed by atoms with van der Waals surface area (Å²) in [4.78, 5) is 21.8. The van der Waals surface area contributed by atoms with Crippen molar-refractivity contribution in [2.45, 2.75) is 0 Å². The zero-order chi connectivity index (χ0) is 9.68. The Bertz CT molecular complexity index is 341. The van der Waals surface area contributed by atoms with Crippen LogP contribution in [0.25, 0.3) is 0 Å². The van der Waals surface area contributed by atoms with Gasteiger partial charge in [0, 0.05) is 6.08 Å². The second kappa shape index (κ2) is 6.34. The van der Waals surface area contributed by atoms with E-state index < -0.39 is 11.9 Å². The van der Waals surface area contributed by atoms with Crippen molar-refractivity contribution in [2.24, 2.45) is 0 Å². The topological polar surface area (TPSA) is 43.4 Å². The third-order valence-electron chi connectivity index (χ3n) is 1.37. The summed E-state index contributed by atoms with van der Waals surface area (Å²) in [6.45, 7) is 3.18. The van der Waals surface area contributed by atoms with Crippen molar-refractivity contribution in [3.05, 3.63) is 48.6 Å². The summed E-state index contributed by atoms with van der Waals surface area (Å²) in [5, 5.41) is 0. The minimum absolute atomic E-state index is 0. The Kier molecular flexibility index (Phi) is 5.83. The zero-order valence-corrected chi connectivity index (χ0v) is 9.02. The molecular weight excluding hydrogens is 192 g/mol. The molecule has 0 heterocycles. The van der Waals surface area contributed by atoms with Gasteiger partial charge in [0.2, 0.25) is 0 Å². The molecule has 0 saturated carbocycles. The van der Waals surface area contributed by atoms with Crippen molar-refractivity contribution in [1.29, 1.82) is 0 Å². The summed E-state index contributed by atoms with van der Waals surface area (Å²) in [6.07, 6.45) is 0.945. The number of esters is 2. The minimum Gasteiger partial charge on any atom is -1.00 e. The summed E-state index contributed by atoms with van der Waals surface area (Å²) in [5.41, 5.74) is 0.345. The van der Waals surface area contributed by atoms with Crippen LogP contribution in [0.2, 0.25) is 0 Å². The van der Waals surface area contributed by atoms with Crippen molar-refractivity contribution < 1.29 is 17.2 Å². The summed E-state index contributed by atoms with van der Waals surface area (Å²) < 4.78 is 4.39. The monoisotopic (exact) mass is 202 g/mol. The van der Waals surface area contributed by atoms with Gasteiger partial charge in [0.05, 0.1) is 5.56 Å². The van der Waals surface area contributed by atoms with Gasteiger partial charge >= 0.3 is 35.0 Å². The summed E-state index contributed by atoms with van der Waals surface area (Å²) in [6, 6.07) is 8.29. The van der Waals surface area contributed by atoms with E-state index in [-0.39, 0.29) is 25.9 Å². The fraction of sp³-hybridized carbons (Fsp3) is 0. The van der Waals surface area contributed by atoms with Crippen molar-refractivity contribution in [2.75, 3.05) is 0 Å². The molecule has 4 heteroatoms. The fourth-order valence-electron chi connectivity index (χ4n) is 0.766. The van der Waals surface area contributed by atoms with Crippen LogP contribution in [0, 0.1) is 0 Å². The number of hydrogen-bond acceptors (Lipinski definition) is 3. The smallest absolute Gasteiger partial charge is 1.00 e. The molecule has 0 fully saturated rings. The summed E-state index contributed by atoms with van der Waals surface area (Å²) in [7, 11) is 0. The van der Waals surface area contributed by atoms with Crippen molar-refractivity contribution in [3.63, 3.8) is 0 Å². The van der Waals surface area contributed by atoms with E-state index in [0.29, 0.717) is 5.56 Å². The average Bonchev–Trinajstić information content (AvgIpc) is 2.19. The Balaban J connectivity index is -0.000000563. The second-order valence-corrected chi connectivity index (χ2v) is 2.28. The van der Waals surface area contributed by atoms with Crippen LogP contribution >= 0.6 is 0 Å².